The molecule has 12 heteroatoms. The van der Waals surface area contributed by atoms with Crippen molar-refractivity contribution in [3.8, 4) is 5.88 Å². The summed E-state index contributed by atoms with van der Waals surface area (Å²) in [5, 5.41) is 11.6. The molecule has 0 fully saturated rings. The van der Waals surface area contributed by atoms with Gasteiger partial charge in [-0.25, -0.2) is 4.98 Å². The Morgan fingerprint density at radius 1 is 1.28 bits per heavy atom. The van der Waals surface area contributed by atoms with Crippen molar-refractivity contribution in [1.82, 2.24) is 15.8 Å². The first-order valence-electron chi connectivity index (χ1n) is 8.10. The number of ether oxygens (including phenoxy) is 1. The van der Waals surface area contributed by atoms with Gasteiger partial charge in [-0.3, -0.25) is 20.4 Å². The number of allylic oxidation sites excluding steroid dienone is 1. The van der Waals surface area contributed by atoms with Gasteiger partial charge in [0.1, 0.15) is 5.56 Å². The second-order valence-corrected chi connectivity index (χ2v) is 5.50. The molecule has 0 aliphatic rings. The molecule has 2 amide bonds. The first-order chi connectivity index (χ1) is 13.1. The minimum absolute atomic E-state index is 0. The third-order valence-corrected chi connectivity index (χ3v) is 3.32. The Morgan fingerprint density at radius 2 is 1.90 bits per heavy atom. The number of hydrogen-bond acceptors (Lipinski definition) is 6. The summed E-state index contributed by atoms with van der Waals surface area (Å²) in [5.74, 6) is -2.97. The zero-order valence-electron chi connectivity index (χ0n) is 15.8. The summed E-state index contributed by atoms with van der Waals surface area (Å²) >= 11 is 0. The van der Waals surface area contributed by atoms with Crippen LogP contribution >= 0.6 is 0 Å². The summed E-state index contributed by atoms with van der Waals surface area (Å²) in [6, 6.07) is 0.507. The number of anilines is 1. The van der Waals surface area contributed by atoms with E-state index in [9.17, 15) is 27.9 Å². The predicted octanol–water partition coefficient (Wildman–Crippen LogP) is -1.90. The molecule has 0 saturated carbocycles. The first kappa shape index (κ1) is 27.7. The van der Waals surface area contributed by atoms with Crippen LogP contribution in [-0.2, 0) is 11.0 Å². The molecule has 0 spiro atoms. The fourth-order valence-corrected chi connectivity index (χ4v) is 1.90. The number of carbonyl (C=O) groups is 2. The maximum absolute atomic E-state index is 13.1. The number of amides is 2. The Labute approximate surface area is 214 Å². The third-order valence-electron chi connectivity index (χ3n) is 3.32. The van der Waals surface area contributed by atoms with Crippen LogP contribution in [0.5, 0.6) is 5.88 Å². The zero-order chi connectivity index (χ0) is 21.3. The minimum atomic E-state index is -4.81. The molecule has 1 aromatic heterocycles. The summed E-state index contributed by atoms with van der Waals surface area (Å²) in [5.41, 5.74) is 6.82. The van der Waals surface area contributed by atoms with Gasteiger partial charge >= 0.3 is 64.4 Å². The monoisotopic (exact) mass is 486 g/mol. The summed E-state index contributed by atoms with van der Waals surface area (Å²) in [6.07, 6.45) is -3.07. The van der Waals surface area contributed by atoms with Crippen molar-refractivity contribution in [1.29, 1.82) is 0 Å². The van der Waals surface area contributed by atoms with Crippen molar-refractivity contribution in [2.45, 2.75) is 31.5 Å². The summed E-state index contributed by atoms with van der Waals surface area (Å²) in [7, 11) is 0. The Kier molecular flexibility index (Phi) is 12.5. The number of alkyl halides is 3. The average molecular weight is 487 g/mol. The molecule has 8 nitrogen and oxygen atoms in total. The van der Waals surface area contributed by atoms with Gasteiger partial charge in [-0.05, 0) is 25.0 Å². The van der Waals surface area contributed by atoms with Gasteiger partial charge in [0.25, 0.3) is 5.91 Å². The SMILES string of the molecule is C=CCCOc1nc(C(=O)NNC(=O)C([O-])CCC=C)c(N)cc1C(F)(F)F.[Rb+]. The molecule has 0 saturated heterocycles. The maximum Gasteiger partial charge on any atom is 1.00 e. The second-order valence-electron chi connectivity index (χ2n) is 5.50. The largest absolute Gasteiger partial charge is 1.00 e. The van der Waals surface area contributed by atoms with Crippen molar-refractivity contribution < 1.29 is 90.8 Å². The molecule has 29 heavy (non-hydrogen) atoms. The van der Waals surface area contributed by atoms with Crippen molar-refractivity contribution in [3.05, 3.63) is 42.6 Å². The summed E-state index contributed by atoms with van der Waals surface area (Å²) in [4.78, 5) is 27.2. The third kappa shape index (κ3) is 8.95. The Bertz CT molecular complexity index is 744. The molecule has 1 atom stereocenters. The van der Waals surface area contributed by atoms with E-state index in [1.165, 1.54) is 12.2 Å². The molecule has 0 aliphatic heterocycles. The van der Waals surface area contributed by atoms with E-state index in [1.807, 2.05) is 10.9 Å². The van der Waals surface area contributed by atoms with Crippen LogP contribution in [0, 0.1) is 0 Å². The molecular formula is C17H20F3N4O4Rb. The maximum atomic E-state index is 13.1. The number of halogens is 3. The number of nitrogens with two attached hydrogens (primary N) is 1. The fraction of sp³-hybridized carbons (Fsp3) is 0.353. The molecule has 1 aromatic rings. The van der Waals surface area contributed by atoms with Gasteiger partial charge in [0.2, 0.25) is 11.8 Å². The molecule has 4 N–H and O–H groups in total. The number of hydrazine groups is 1. The van der Waals surface area contributed by atoms with E-state index in [0.717, 1.165) is 0 Å². The predicted molar refractivity (Wildman–Crippen MR) is 92.8 cm³/mol. The van der Waals surface area contributed by atoms with E-state index in [-0.39, 0.29) is 77.6 Å². The van der Waals surface area contributed by atoms with E-state index in [1.54, 1.807) is 0 Å². The Hall–Kier alpha value is -1.27. The summed E-state index contributed by atoms with van der Waals surface area (Å²) < 4.78 is 44.3. The minimum Gasteiger partial charge on any atom is -0.845 e. The fourth-order valence-electron chi connectivity index (χ4n) is 1.90. The van der Waals surface area contributed by atoms with Crippen LogP contribution < -0.4 is 84.6 Å². The quantitative estimate of drug-likeness (QED) is 0.212. The van der Waals surface area contributed by atoms with Crippen LogP contribution in [-0.4, -0.2) is 29.5 Å². The van der Waals surface area contributed by atoms with E-state index in [4.69, 9.17) is 10.5 Å². The number of nitrogens with one attached hydrogen (secondary N) is 2. The molecule has 0 aliphatic carbocycles. The Balaban J connectivity index is 0.00000784. The zero-order valence-corrected chi connectivity index (χ0v) is 20.8. The molecule has 0 bridgehead atoms. The standard InChI is InChI=1S/C17H20F3N4O4.Rb/c1-3-5-7-12(25)14(26)23-24-15(27)13-11(21)9-10(17(18,19)20)16(22-13)28-8-6-4-2;/h3-4,9,12H,1-2,5-8,21H2,(H,23,26)(H,24,27);/q-1;+1. The van der Waals surface area contributed by atoms with Gasteiger partial charge in [-0.1, -0.05) is 18.6 Å². The molecular weight excluding hydrogens is 467 g/mol. The number of aromatic nitrogens is 1. The van der Waals surface area contributed by atoms with Gasteiger partial charge < -0.3 is 15.6 Å². The number of nitrogen functional groups attached to an aromatic ring is 1. The van der Waals surface area contributed by atoms with E-state index in [2.05, 4.69) is 18.1 Å². The number of nitrogens with zero attached hydrogens (tertiary/aromatic N) is 1. The molecule has 1 unspecified atom stereocenters. The molecule has 0 aromatic carbocycles. The van der Waals surface area contributed by atoms with Crippen LogP contribution in [0.15, 0.2) is 31.4 Å². The van der Waals surface area contributed by atoms with Gasteiger partial charge in [-0.15, -0.1) is 13.2 Å². The van der Waals surface area contributed by atoms with Crippen LogP contribution in [0.1, 0.15) is 35.3 Å². The van der Waals surface area contributed by atoms with Crippen LogP contribution in [0.3, 0.4) is 0 Å². The molecule has 0 radical (unpaired) electrons. The van der Waals surface area contributed by atoms with E-state index in [0.29, 0.717) is 12.5 Å². The van der Waals surface area contributed by atoms with Crippen molar-refractivity contribution in [2.24, 2.45) is 0 Å². The van der Waals surface area contributed by atoms with Gasteiger partial charge in [0.05, 0.1) is 12.3 Å². The number of rotatable bonds is 9. The van der Waals surface area contributed by atoms with Crippen molar-refractivity contribution in [3.63, 3.8) is 0 Å². The van der Waals surface area contributed by atoms with Crippen LogP contribution in [0.2, 0.25) is 0 Å². The number of hydrogen-bond donors (Lipinski definition) is 3. The molecule has 1 heterocycles. The van der Waals surface area contributed by atoms with E-state index >= 15 is 0 Å². The number of pyridine rings is 1. The Morgan fingerprint density at radius 3 is 2.45 bits per heavy atom. The first-order valence-corrected chi connectivity index (χ1v) is 8.10. The smallest absolute Gasteiger partial charge is 0.845 e. The molecule has 1 rings (SSSR count). The normalized spacial score (nSPS) is 11.6. The average Bonchev–Trinajstić information content (AvgIpc) is 2.63. The van der Waals surface area contributed by atoms with Crippen LogP contribution in [0.25, 0.3) is 0 Å². The topological polar surface area (TPSA) is 129 Å². The molecule has 154 valence electrons. The van der Waals surface area contributed by atoms with Gasteiger partial charge in [0, 0.05) is 0 Å². The van der Waals surface area contributed by atoms with Gasteiger partial charge in [0.15, 0.2) is 5.69 Å². The van der Waals surface area contributed by atoms with Crippen molar-refractivity contribution >= 4 is 17.5 Å². The summed E-state index contributed by atoms with van der Waals surface area (Å²) in [6.45, 7) is 6.68. The van der Waals surface area contributed by atoms with Gasteiger partial charge in [-0.2, -0.15) is 13.2 Å². The van der Waals surface area contributed by atoms with Crippen LogP contribution in [0.4, 0.5) is 18.9 Å². The second kappa shape index (κ2) is 13.1. The number of carbonyl (C=O) groups excluding carboxylic acids is 2. The van der Waals surface area contributed by atoms with Crippen molar-refractivity contribution in [2.75, 3.05) is 12.3 Å². The van der Waals surface area contributed by atoms with E-state index < -0.39 is 46.9 Å².